The van der Waals surface area contributed by atoms with Crippen LogP contribution in [0.25, 0.3) is 0 Å². The summed E-state index contributed by atoms with van der Waals surface area (Å²) in [4.78, 5) is 0. The summed E-state index contributed by atoms with van der Waals surface area (Å²) in [6.07, 6.45) is 2.79. The summed E-state index contributed by atoms with van der Waals surface area (Å²) in [5.74, 6) is 4.93. The Morgan fingerprint density at radius 2 is 1.56 bits per heavy atom. The summed E-state index contributed by atoms with van der Waals surface area (Å²) in [7, 11) is 0. The van der Waals surface area contributed by atoms with E-state index in [1.165, 1.54) is 24.3 Å². The second-order valence-electron chi connectivity index (χ2n) is 2.87. The third kappa shape index (κ3) is 1.64. The molecule has 0 aliphatic carbocycles. The molecule has 1 fully saturated rings. The van der Waals surface area contributed by atoms with Crippen LogP contribution in [0, 0.1) is 11.8 Å². The van der Waals surface area contributed by atoms with Crippen LogP contribution in [-0.2, 0) is 0 Å². The number of rotatable bonds is 2. The summed E-state index contributed by atoms with van der Waals surface area (Å²) < 4.78 is 0. The van der Waals surface area contributed by atoms with Crippen molar-refractivity contribution in [1.82, 2.24) is 0 Å². The molecule has 0 aromatic carbocycles. The van der Waals surface area contributed by atoms with Crippen molar-refractivity contribution in [2.45, 2.75) is 26.7 Å². The van der Waals surface area contributed by atoms with Crippen molar-refractivity contribution in [1.29, 1.82) is 0 Å². The molecular formula is C8H16S. The van der Waals surface area contributed by atoms with Crippen LogP contribution in [-0.4, -0.2) is 11.5 Å². The molecule has 0 nitrogen and oxygen atoms in total. The van der Waals surface area contributed by atoms with E-state index in [4.69, 9.17) is 0 Å². The van der Waals surface area contributed by atoms with E-state index in [9.17, 15) is 0 Å². The first-order chi connectivity index (χ1) is 4.38. The quantitative estimate of drug-likeness (QED) is 0.574. The van der Waals surface area contributed by atoms with E-state index in [2.05, 4.69) is 25.6 Å². The van der Waals surface area contributed by atoms with Gasteiger partial charge < -0.3 is 0 Å². The molecule has 1 rings (SSSR count). The maximum atomic E-state index is 2.32. The summed E-state index contributed by atoms with van der Waals surface area (Å²) in [6, 6.07) is 0. The first-order valence-electron chi connectivity index (χ1n) is 3.96. The van der Waals surface area contributed by atoms with Crippen LogP contribution >= 0.6 is 11.8 Å². The topological polar surface area (TPSA) is 0 Å². The van der Waals surface area contributed by atoms with Gasteiger partial charge in [0.2, 0.25) is 0 Å². The Bertz CT molecular complexity index is 70.6. The highest BCUT2D eigenvalue weighted by Gasteiger charge is 2.23. The fraction of sp³-hybridized carbons (Fsp3) is 1.00. The van der Waals surface area contributed by atoms with Gasteiger partial charge >= 0.3 is 0 Å². The molecule has 0 N–H and O–H groups in total. The summed E-state index contributed by atoms with van der Waals surface area (Å²) >= 11 is 2.14. The Hall–Kier alpha value is 0.350. The predicted molar refractivity (Wildman–Crippen MR) is 44.9 cm³/mol. The lowest BCUT2D eigenvalue weighted by atomic mass is 9.92. The van der Waals surface area contributed by atoms with Gasteiger partial charge in [-0.05, 0) is 23.3 Å². The fourth-order valence-corrected chi connectivity index (χ4v) is 3.30. The zero-order chi connectivity index (χ0) is 6.69. The standard InChI is InChI=1S/C8H16S/c1-3-7-5-9-6-8(7)4-2/h7-8H,3-6H2,1-2H3/t7-,8?/m1/s1. The minimum absolute atomic E-state index is 1.04. The van der Waals surface area contributed by atoms with Crippen molar-refractivity contribution < 1.29 is 0 Å². The highest BCUT2D eigenvalue weighted by molar-refractivity contribution is 7.99. The Balaban J connectivity index is 2.32. The lowest BCUT2D eigenvalue weighted by Crippen LogP contribution is -2.09. The molecule has 0 radical (unpaired) electrons. The average molecular weight is 144 g/mol. The van der Waals surface area contributed by atoms with E-state index in [1.807, 2.05) is 0 Å². The Labute approximate surface area is 62.4 Å². The van der Waals surface area contributed by atoms with E-state index in [0.717, 1.165) is 11.8 Å². The SMILES string of the molecule is CCC1CSC[C@H]1CC. The van der Waals surface area contributed by atoms with E-state index in [1.54, 1.807) is 0 Å². The molecule has 0 amide bonds. The maximum Gasteiger partial charge on any atom is -0.00362 e. The van der Waals surface area contributed by atoms with Gasteiger partial charge in [0.15, 0.2) is 0 Å². The van der Waals surface area contributed by atoms with E-state index in [0.29, 0.717) is 0 Å². The van der Waals surface area contributed by atoms with Crippen molar-refractivity contribution in [3.8, 4) is 0 Å². The fourth-order valence-electron chi connectivity index (χ4n) is 1.55. The van der Waals surface area contributed by atoms with Gasteiger partial charge in [-0.15, -0.1) is 0 Å². The molecule has 1 heteroatoms. The normalized spacial score (nSPS) is 35.3. The minimum atomic E-state index is 1.04. The van der Waals surface area contributed by atoms with Gasteiger partial charge in [-0.3, -0.25) is 0 Å². The zero-order valence-corrected chi connectivity index (χ0v) is 7.21. The third-order valence-electron chi connectivity index (χ3n) is 2.38. The molecule has 54 valence electrons. The van der Waals surface area contributed by atoms with Gasteiger partial charge in [0.25, 0.3) is 0 Å². The van der Waals surface area contributed by atoms with E-state index < -0.39 is 0 Å². The van der Waals surface area contributed by atoms with E-state index in [-0.39, 0.29) is 0 Å². The van der Waals surface area contributed by atoms with Crippen LogP contribution in [0.5, 0.6) is 0 Å². The molecule has 0 spiro atoms. The first kappa shape index (κ1) is 7.46. The second-order valence-corrected chi connectivity index (χ2v) is 3.95. The van der Waals surface area contributed by atoms with Crippen molar-refractivity contribution in [3.63, 3.8) is 0 Å². The minimum Gasteiger partial charge on any atom is -0.161 e. The summed E-state index contributed by atoms with van der Waals surface area (Å²) in [5, 5.41) is 0. The van der Waals surface area contributed by atoms with Crippen LogP contribution in [0.1, 0.15) is 26.7 Å². The Kier molecular flexibility index (Phi) is 2.90. The van der Waals surface area contributed by atoms with Crippen molar-refractivity contribution in [2.75, 3.05) is 11.5 Å². The maximum absolute atomic E-state index is 2.32. The molecule has 1 unspecified atom stereocenters. The highest BCUT2D eigenvalue weighted by atomic mass is 32.2. The smallest absolute Gasteiger partial charge is 0.00362 e. The number of thioether (sulfide) groups is 1. The molecular weight excluding hydrogens is 128 g/mol. The van der Waals surface area contributed by atoms with Crippen LogP contribution in [0.15, 0.2) is 0 Å². The molecule has 0 saturated carbocycles. The molecule has 0 aromatic heterocycles. The Morgan fingerprint density at radius 3 is 1.89 bits per heavy atom. The summed E-state index contributed by atoms with van der Waals surface area (Å²) in [5.41, 5.74) is 0. The van der Waals surface area contributed by atoms with Crippen molar-refractivity contribution in [2.24, 2.45) is 11.8 Å². The van der Waals surface area contributed by atoms with Crippen LogP contribution in [0.3, 0.4) is 0 Å². The molecule has 1 heterocycles. The molecule has 0 bridgehead atoms. The average Bonchev–Trinajstić information content (AvgIpc) is 2.33. The van der Waals surface area contributed by atoms with Gasteiger partial charge in [-0.1, -0.05) is 26.7 Å². The van der Waals surface area contributed by atoms with Gasteiger partial charge in [0, 0.05) is 0 Å². The van der Waals surface area contributed by atoms with Crippen molar-refractivity contribution >= 4 is 11.8 Å². The largest absolute Gasteiger partial charge is 0.161 e. The highest BCUT2D eigenvalue weighted by Crippen LogP contribution is 2.33. The zero-order valence-electron chi connectivity index (χ0n) is 6.39. The third-order valence-corrected chi connectivity index (χ3v) is 3.71. The van der Waals surface area contributed by atoms with Crippen LogP contribution in [0.2, 0.25) is 0 Å². The second kappa shape index (κ2) is 3.50. The summed E-state index contributed by atoms with van der Waals surface area (Å²) in [6.45, 7) is 4.64. The molecule has 2 atom stereocenters. The Morgan fingerprint density at radius 1 is 1.11 bits per heavy atom. The number of hydrogen-bond donors (Lipinski definition) is 0. The van der Waals surface area contributed by atoms with E-state index >= 15 is 0 Å². The lowest BCUT2D eigenvalue weighted by molar-refractivity contribution is 0.397. The van der Waals surface area contributed by atoms with Crippen LogP contribution in [0.4, 0.5) is 0 Å². The molecule has 1 saturated heterocycles. The van der Waals surface area contributed by atoms with Gasteiger partial charge in [-0.2, -0.15) is 11.8 Å². The molecule has 0 aromatic rings. The molecule has 1 aliphatic heterocycles. The first-order valence-corrected chi connectivity index (χ1v) is 5.11. The lowest BCUT2D eigenvalue weighted by Gasteiger charge is -2.13. The molecule has 1 aliphatic rings. The van der Waals surface area contributed by atoms with Gasteiger partial charge in [0.1, 0.15) is 0 Å². The van der Waals surface area contributed by atoms with Crippen molar-refractivity contribution in [3.05, 3.63) is 0 Å². The molecule has 9 heavy (non-hydrogen) atoms. The van der Waals surface area contributed by atoms with Gasteiger partial charge in [-0.25, -0.2) is 0 Å². The number of hydrogen-bond acceptors (Lipinski definition) is 1. The predicted octanol–water partition coefficient (Wildman–Crippen LogP) is 2.79. The van der Waals surface area contributed by atoms with Gasteiger partial charge in [0.05, 0.1) is 0 Å². The van der Waals surface area contributed by atoms with Crippen LogP contribution < -0.4 is 0 Å². The monoisotopic (exact) mass is 144 g/mol.